The van der Waals surface area contributed by atoms with Crippen LogP contribution in [0.4, 0.5) is 0 Å². The molecule has 6 heteroatoms. The van der Waals surface area contributed by atoms with Crippen LogP contribution in [0.1, 0.15) is 82.8 Å². The average Bonchev–Trinajstić information content (AvgIpc) is 3.04. The zero-order chi connectivity index (χ0) is 23.0. The van der Waals surface area contributed by atoms with Crippen molar-refractivity contribution in [3.05, 3.63) is 41.2 Å². The largest absolute Gasteiger partial charge is 0.466 e. The molecule has 1 saturated carbocycles. The van der Waals surface area contributed by atoms with Crippen LogP contribution in [0.2, 0.25) is 0 Å². The fraction of sp³-hybridized carbons (Fsp3) is 0.577. The van der Waals surface area contributed by atoms with Gasteiger partial charge in [0.25, 0.3) is 0 Å². The Morgan fingerprint density at radius 2 is 1.84 bits per heavy atom. The van der Waals surface area contributed by atoms with E-state index in [2.05, 4.69) is 19.1 Å². The van der Waals surface area contributed by atoms with Gasteiger partial charge in [-0.3, -0.25) is 14.4 Å². The van der Waals surface area contributed by atoms with Crippen LogP contribution in [0.15, 0.2) is 30.0 Å². The van der Waals surface area contributed by atoms with Gasteiger partial charge in [-0.05, 0) is 85.6 Å². The van der Waals surface area contributed by atoms with E-state index in [1.54, 1.807) is 0 Å². The van der Waals surface area contributed by atoms with E-state index in [4.69, 9.17) is 14.2 Å². The second kappa shape index (κ2) is 8.72. The third-order valence-electron chi connectivity index (χ3n) is 7.63. The summed E-state index contributed by atoms with van der Waals surface area (Å²) in [5.41, 5.74) is 2.18. The van der Waals surface area contributed by atoms with Gasteiger partial charge in [0.1, 0.15) is 11.5 Å². The maximum absolute atomic E-state index is 12.4. The number of carbonyl (C=O) groups is 3. The first kappa shape index (κ1) is 22.6. The summed E-state index contributed by atoms with van der Waals surface area (Å²) in [6.45, 7) is 7.23. The zero-order valence-corrected chi connectivity index (χ0v) is 19.3. The van der Waals surface area contributed by atoms with Crippen LogP contribution in [0.5, 0.6) is 5.75 Å². The van der Waals surface area contributed by atoms with Gasteiger partial charge in [-0.15, -0.1) is 0 Å². The number of allylic oxidation sites excluding steroid dienone is 2. The highest BCUT2D eigenvalue weighted by Crippen LogP contribution is 2.63. The van der Waals surface area contributed by atoms with Gasteiger partial charge in [0.2, 0.25) is 0 Å². The van der Waals surface area contributed by atoms with Crippen LogP contribution in [0.25, 0.3) is 0 Å². The number of ether oxygens (including phenoxy) is 3. The first-order chi connectivity index (χ1) is 15.2. The topological polar surface area (TPSA) is 78.9 Å². The Morgan fingerprint density at radius 3 is 2.53 bits per heavy atom. The highest BCUT2D eigenvalue weighted by atomic mass is 16.5. The summed E-state index contributed by atoms with van der Waals surface area (Å²) >= 11 is 0. The molecular formula is C26H32O6. The third-order valence-corrected chi connectivity index (χ3v) is 7.63. The molecule has 0 bridgehead atoms. The first-order valence-electron chi connectivity index (χ1n) is 11.6. The van der Waals surface area contributed by atoms with Crippen molar-refractivity contribution in [2.75, 3.05) is 6.61 Å². The second-order valence-electron chi connectivity index (χ2n) is 9.56. The minimum atomic E-state index is -0.357. The van der Waals surface area contributed by atoms with Crippen molar-refractivity contribution in [1.82, 2.24) is 0 Å². The molecule has 6 nitrogen and oxygen atoms in total. The Labute approximate surface area is 189 Å². The van der Waals surface area contributed by atoms with E-state index in [9.17, 15) is 14.4 Å². The fourth-order valence-corrected chi connectivity index (χ4v) is 6.39. The Bertz CT molecular complexity index is 963. The molecule has 1 fully saturated rings. The maximum atomic E-state index is 12.4. The summed E-state index contributed by atoms with van der Waals surface area (Å²) < 4.78 is 16.2. The molecule has 0 amide bonds. The number of benzene rings is 1. The molecule has 5 atom stereocenters. The molecule has 0 aromatic heterocycles. The molecule has 172 valence electrons. The summed E-state index contributed by atoms with van der Waals surface area (Å²) in [4.78, 5) is 35.6. The Hall–Kier alpha value is -2.63. The van der Waals surface area contributed by atoms with Crippen LogP contribution in [0, 0.1) is 17.3 Å². The molecule has 32 heavy (non-hydrogen) atoms. The molecule has 0 saturated heterocycles. The molecule has 1 aromatic carbocycles. The lowest BCUT2D eigenvalue weighted by Crippen LogP contribution is -2.42. The number of esters is 3. The molecule has 1 aromatic rings. The molecule has 0 N–H and O–H groups in total. The molecule has 0 spiro atoms. The predicted octanol–water partition coefficient (Wildman–Crippen LogP) is 5.02. The van der Waals surface area contributed by atoms with E-state index in [1.807, 2.05) is 19.1 Å². The van der Waals surface area contributed by atoms with Crippen LogP contribution in [-0.4, -0.2) is 24.5 Å². The lowest BCUT2D eigenvalue weighted by Gasteiger charge is -2.51. The van der Waals surface area contributed by atoms with Crippen molar-refractivity contribution in [1.29, 1.82) is 0 Å². The normalized spacial score (nSPS) is 30.3. The molecule has 0 aliphatic heterocycles. The molecular weight excluding hydrogens is 408 g/mol. The van der Waals surface area contributed by atoms with Crippen LogP contribution in [0.3, 0.4) is 0 Å². The molecule has 3 aliphatic carbocycles. The highest BCUT2D eigenvalue weighted by Gasteiger charge is 2.54. The molecule has 3 aliphatic rings. The van der Waals surface area contributed by atoms with E-state index >= 15 is 0 Å². The lowest BCUT2D eigenvalue weighted by molar-refractivity contribution is -0.144. The summed E-state index contributed by atoms with van der Waals surface area (Å²) in [7, 11) is 0. The monoisotopic (exact) mass is 440 g/mol. The van der Waals surface area contributed by atoms with Gasteiger partial charge in [-0.25, -0.2) is 0 Å². The molecule has 0 heterocycles. The van der Waals surface area contributed by atoms with Gasteiger partial charge >= 0.3 is 17.9 Å². The van der Waals surface area contributed by atoms with Gasteiger partial charge in [0.15, 0.2) is 0 Å². The lowest BCUT2D eigenvalue weighted by atomic mass is 9.53. The van der Waals surface area contributed by atoms with Crippen molar-refractivity contribution in [3.63, 3.8) is 0 Å². The smallest absolute Gasteiger partial charge is 0.308 e. The minimum absolute atomic E-state index is 0.000864. The Kier molecular flexibility index (Phi) is 6.15. The summed E-state index contributed by atoms with van der Waals surface area (Å²) in [6.07, 6.45) is 6.08. The van der Waals surface area contributed by atoms with Crippen molar-refractivity contribution < 1.29 is 28.6 Å². The number of fused-ring (bicyclic) bond motifs is 5. The molecule has 0 radical (unpaired) electrons. The highest BCUT2D eigenvalue weighted by molar-refractivity contribution is 5.72. The van der Waals surface area contributed by atoms with E-state index in [0.29, 0.717) is 36.5 Å². The summed E-state index contributed by atoms with van der Waals surface area (Å²) in [5, 5.41) is 0. The van der Waals surface area contributed by atoms with Crippen molar-refractivity contribution in [3.8, 4) is 5.75 Å². The van der Waals surface area contributed by atoms with Crippen LogP contribution < -0.4 is 4.74 Å². The van der Waals surface area contributed by atoms with E-state index in [-0.39, 0.29) is 29.2 Å². The Balaban J connectivity index is 1.68. The molecule has 0 unspecified atom stereocenters. The van der Waals surface area contributed by atoms with E-state index < -0.39 is 0 Å². The minimum Gasteiger partial charge on any atom is -0.466 e. The number of hydrogen-bond donors (Lipinski definition) is 0. The van der Waals surface area contributed by atoms with Crippen LogP contribution in [-0.2, 0) is 23.9 Å². The molecule has 4 rings (SSSR count). The van der Waals surface area contributed by atoms with E-state index in [0.717, 1.165) is 37.0 Å². The SMILES string of the molecule is CCOC(=O)C[C@@H]1C[C@@H]2[C@H](CC[C@]3(C)C(OC(C)=O)=CC[C@@H]23)c2ccc(OC(C)=O)cc21. The standard InChI is InChI=1S/C26H32O6/c1-5-30-25(29)13-17-12-22-20(19-7-6-18(14-21(17)19)31-15(2)27)10-11-26(4)23(22)8-9-24(26)32-16(3)28/h6-7,9,14,17,20,22-23H,5,8,10-13H2,1-4H3/t17-,20+,22+,23-,26-/m0/s1. The van der Waals surface area contributed by atoms with Crippen molar-refractivity contribution in [2.45, 2.75) is 71.6 Å². The van der Waals surface area contributed by atoms with Crippen molar-refractivity contribution in [2.24, 2.45) is 17.3 Å². The quantitative estimate of drug-likeness (QED) is 0.473. The maximum Gasteiger partial charge on any atom is 0.308 e. The number of carbonyl (C=O) groups excluding carboxylic acids is 3. The average molecular weight is 441 g/mol. The Morgan fingerprint density at radius 1 is 1.09 bits per heavy atom. The van der Waals surface area contributed by atoms with E-state index in [1.165, 1.54) is 19.4 Å². The number of rotatable bonds is 5. The van der Waals surface area contributed by atoms with Gasteiger partial charge in [-0.1, -0.05) is 13.0 Å². The first-order valence-corrected chi connectivity index (χ1v) is 11.6. The predicted molar refractivity (Wildman–Crippen MR) is 118 cm³/mol. The van der Waals surface area contributed by atoms with Crippen molar-refractivity contribution >= 4 is 17.9 Å². The van der Waals surface area contributed by atoms with Gasteiger partial charge in [0, 0.05) is 19.3 Å². The summed E-state index contributed by atoms with van der Waals surface area (Å²) in [6, 6.07) is 5.86. The zero-order valence-electron chi connectivity index (χ0n) is 19.3. The van der Waals surface area contributed by atoms with Gasteiger partial charge < -0.3 is 14.2 Å². The van der Waals surface area contributed by atoms with Gasteiger partial charge in [-0.2, -0.15) is 0 Å². The number of hydrogen-bond acceptors (Lipinski definition) is 6. The van der Waals surface area contributed by atoms with Gasteiger partial charge in [0.05, 0.1) is 13.0 Å². The third kappa shape index (κ3) is 4.07. The fourth-order valence-electron chi connectivity index (χ4n) is 6.39. The second-order valence-corrected chi connectivity index (χ2v) is 9.56. The summed E-state index contributed by atoms with van der Waals surface area (Å²) in [5.74, 6) is 1.61. The van der Waals surface area contributed by atoms with Crippen LogP contribution >= 0.6 is 0 Å².